The minimum atomic E-state index is -4.67. The molecule has 0 unspecified atom stereocenters. The smallest absolute Gasteiger partial charge is 0.335 e. The summed E-state index contributed by atoms with van der Waals surface area (Å²) < 4.78 is 40.8. The molecule has 3 aromatic rings. The lowest BCUT2D eigenvalue weighted by Gasteiger charge is -2.34. The fourth-order valence-electron chi connectivity index (χ4n) is 3.61. The third-order valence-electron chi connectivity index (χ3n) is 5.20. The van der Waals surface area contributed by atoms with Crippen LogP contribution in [0.2, 0.25) is 15.1 Å². The highest BCUT2D eigenvalue weighted by molar-refractivity contribution is 6.42. The fourth-order valence-corrected chi connectivity index (χ4v) is 4.17. The summed E-state index contributed by atoms with van der Waals surface area (Å²) in [7, 11) is 0. The average molecular weight is 507 g/mol. The van der Waals surface area contributed by atoms with Crippen LogP contribution < -0.4 is 0 Å². The van der Waals surface area contributed by atoms with Crippen molar-refractivity contribution in [1.82, 2.24) is 24.4 Å². The number of hydrogen-bond acceptors (Lipinski definition) is 4. The Morgan fingerprint density at radius 3 is 2.38 bits per heavy atom. The van der Waals surface area contributed by atoms with Gasteiger partial charge in [0.1, 0.15) is 10.7 Å². The molecule has 4 rings (SSSR count). The van der Waals surface area contributed by atoms with Gasteiger partial charge in [0.25, 0.3) is 5.91 Å². The molecule has 1 aliphatic heterocycles. The molecule has 1 fully saturated rings. The van der Waals surface area contributed by atoms with Crippen LogP contribution in [0.5, 0.6) is 0 Å². The second-order valence-corrected chi connectivity index (χ2v) is 8.69. The molecule has 0 aliphatic carbocycles. The van der Waals surface area contributed by atoms with E-state index >= 15 is 0 Å². The molecule has 1 aromatic carbocycles. The minimum Gasteiger partial charge on any atom is -0.335 e. The lowest BCUT2D eigenvalue weighted by Crippen LogP contribution is -2.48. The van der Waals surface area contributed by atoms with Gasteiger partial charge in [0.15, 0.2) is 11.3 Å². The quantitative estimate of drug-likeness (QED) is 0.503. The SMILES string of the molecule is Cc1cc(C(F)(F)F)n2nc(C(=O)N3CCN(Cc4ccc(Cl)c(Cl)c4)CC3)c(Cl)c2n1. The fraction of sp³-hybridized carbons (Fsp3) is 0.350. The van der Waals surface area contributed by atoms with Crippen LogP contribution in [0.25, 0.3) is 5.65 Å². The number of carbonyl (C=O) groups excluding carboxylic acids is 1. The van der Waals surface area contributed by atoms with E-state index in [0.29, 0.717) is 47.3 Å². The largest absolute Gasteiger partial charge is 0.433 e. The van der Waals surface area contributed by atoms with Gasteiger partial charge in [-0.05, 0) is 30.7 Å². The van der Waals surface area contributed by atoms with Crippen LogP contribution in [0.4, 0.5) is 13.2 Å². The van der Waals surface area contributed by atoms with E-state index in [4.69, 9.17) is 34.8 Å². The average Bonchev–Trinajstić information content (AvgIpc) is 3.06. The monoisotopic (exact) mass is 505 g/mol. The van der Waals surface area contributed by atoms with Crippen molar-refractivity contribution >= 4 is 46.4 Å². The van der Waals surface area contributed by atoms with Crippen LogP contribution in [-0.4, -0.2) is 56.5 Å². The molecule has 12 heteroatoms. The minimum absolute atomic E-state index is 0.126. The molecule has 0 bridgehead atoms. The van der Waals surface area contributed by atoms with Crippen molar-refractivity contribution < 1.29 is 18.0 Å². The molecule has 0 radical (unpaired) electrons. The van der Waals surface area contributed by atoms with E-state index in [-0.39, 0.29) is 22.1 Å². The molecule has 1 aliphatic rings. The van der Waals surface area contributed by atoms with Crippen LogP contribution in [-0.2, 0) is 12.7 Å². The first-order chi connectivity index (χ1) is 15.0. The predicted octanol–water partition coefficient (Wildman–Crippen LogP) is 4.97. The summed E-state index contributed by atoms with van der Waals surface area (Å²) in [6, 6.07) is 6.28. The van der Waals surface area contributed by atoms with Crippen molar-refractivity contribution in [2.24, 2.45) is 0 Å². The highest BCUT2D eigenvalue weighted by Gasteiger charge is 2.37. The number of benzene rings is 1. The van der Waals surface area contributed by atoms with Crippen LogP contribution in [0.1, 0.15) is 27.4 Å². The highest BCUT2D eigenvalue weighted by Crippen LogP contribution is 2.32. The van der Waals surface area contributed by atoms with Crippen LogP contribution in [0.15, 0.2) is 24.3 Å². The number of nitrogens with zero attached hydrogens (tertiary/aromatic N) is 5. The number of aryl methyl sites for hydroxylation is 1. The Labute approximate surface area is 196 Å². The van der Waals surface area contributed by atoms with Gasteiger partial charge in [-0.15, -0.1) is 0 Å². The molecule has 1 saturated heterocycles. The van der Waals surface area contributed by atoms with Crippen LogP contribution in [0, 0.1) is 6.92 Å². The second kappa shape index (κ2) is 8.70. The third kappa shape index (κ3) is 4.52. The molecule has 2 aromatic heterocycles. The number of hydrogen-bond donors (Lipinski definition) is 0. The van der Waals surface area contributed by atoms with Gasteiger partial charge in [-0.2, -0.15) is 18.3 Å². The zero-order valence-electron chi connectivity index (χ0n) is 16.8. The van der Waals surface area contributed by atoms with Gasteiger partial charge in [0.05, 0.1) is 10.0 Å². The number of halogens is 6. The van der Waals surface area contributed by atoms with Crippen LogP contribution in [0.3, 0.4) is 0 Å². The van der Waals surface area contributed by atoms with Crippen molar-refractivity contribution in [1.29, 1.82) is 0 Å². The topological polar surface area (TPSA) is 53.7 Å². The zero-order chi connectivity index (χ0) is 23.2. The highest BCUT2D eigenvalue weighted by atomic mass is 35.5. The van der Waals surface area contributed by atoms with Gasteiger partial charge < -0.3 is 4.90 Å². The van der Waals surface area contributed by atoms with Crippen molar-refractivity contribution in [2.75, 3.05) is 26.2 Å². The van der Waals surface area contributed by atoms with E-state index < -0.39 is 17.8 Å². The van der Waals surface area contributed by atoms with E-state index in [0.717, 1.165) is 11.6 Å². The van der Waals surface area contributed by atoms with Crippen LogP contribution >= 0.6 is 34.8 Å². The third-order valence-corrected chi connectivity index (χ3v) is 6.29. The summed E-state index contributed by atoms with van der Waals surface area (Å²) in [5.41, 5.74) is -0.355. The Hall–Kier alpha value is -2.07. The first-order valence-electron chi connectivity index (χ1n) is 9.63. The Morgan fingerprint density at radius 1 is 1.06 bits per heavy atom. The maximum absolute atomic E-state index is 13.4. The van der Waals surface area contributed by atoms with E-state index in [9.17, 15) is 18.0 Å². The van der Waals surface area contributed by atoms with Gasteiger partial charge in [-0.1, -0.05) is 40.9 Å². The molecular weight excluding hydrogens is 490 g/mol. The standard InChI is InChI=1S/C20H17Cl3F3N5O/c1-11-8-15(20(24,25)26)31-18(27-11)16(23)17(28-31)19(32)30-6-4-29(5-7-30)10-12-2-3-13(21)14(22)9-12/h2-3,8-9H,4-7,10H2,1H3. The number of rotatable bonds is 3. The van der Waals surface area contributed by atoms with Gasteiger partial charge >= 0.3 is 6.18 Å². The molecule has 0 atom stereocenters. The van der Waals surface area contributed by atoms with Gasteiger partial charge in [-0.3, -0.25) is 9.69 Å². The number of carbonyl (C=O) groups is 1. The number of alkyl halides is 3. The number of aromatic nitrogens is 3. The zero-order valence-corrected chi connectivity index (χ0v) is 19.0. The van der Waals surface area contributed by atoms with Gasteiger partial charge in [0.2, 0.25) is 0 Å². The number of piperazine rings is 1. The normalized spacial score (nSPS) is 15.5. The van der Waals surface area contributed by atoms with E-state index in [1.54, 1.807) is 12.1 Å². The second-order valence-electron chi connectivity index (χ2n) is 7.50. The summed E-state index contributed by atoms with van der Waals surface area (Å²) in [6.07, 6.45) is -4.67. The first-order valence-corrected chi connectivity index (χ1v) is 10.8. The Kier molecular flexibility index (Phi) is 6.28. The summed E-state index contributed by atoms with van der Waals surface area (Å²) in [6.45, 7) is 3.95. The molecule has 170 valence electrons. The van der Waals surface area contributed by atoms with Crippen molar-refractivity contribution in [3.05, 3.63) is 62.0 Å². The number of amides is 1. The summed E-state index contributed by atoms with van der Waals surface area (Å²) in [5, 5.41) is 4.63. The Balaban J connectivity index is 1.51. The number of fused-ring (bicyclic) bond motifs is 1. The summed E-state index contributed by atoms with van der Waals surface area (Å²) >= 11 is 18.2. The van der Waals surface area contributed by atoms with E-state index in [2.05, 4.69) is 15.0 Å². The molecule has 0 N–H and O–H groups in total. The lowest BCUT2D eigenvalue weighted by atomic mass is 10.2. The maximum atomic E-state index is 13.4. The first kappa shape index (κ1) is 23.1. The Bertz CT molecular complexity index is 1190. The van der Waals surface area contributed by atoms with E-state index in [1.807, 2.05) is 6.07 Å². The van der Waals surface area contributed by atoms with Crippen molar-refractivity contribution in [3.63, 3.8) is 0 Å². The molecule has 0 spiro atoms. The maximum Gasteiger partial charge on any atom is 0.433 e. The molecule has 6 nitrogen and oxygen atoms in total. The molecule has 32 heavy (non-hydrogen) atoms. The van der Waals surface area contributed by atoms with Crippen molar-refractivity contribution in [2.45, 2.75) is 19.6 Å². The molecule has 0 saturated carbocycles. The molecular formula is C20H17Cl3F3N5O. The van der Waals surface area contributed by atoms with E-state index in [1.165, 1.54) is 11.8 Å². The Morgan fingerprint density at radius 2 is 1.75 bits per heavy atom. The van der Waals surface area contributed by atoms with Crippen molar-refractivity contribution in [3.8, 4) is 0 Å². The summed E-state index contributed by atoms with van der Waals surface area (Å²) in [5.74, 6) is -0.527. The lowest BCUT2D eigenvalue weighted by molar-refractivity contribution is -0.142. The summed E-state index contributed by atoms with van der Waals surface area (Å²) in [4.78, 5) is 20.7. The molecule has 3 heterocycles. The molecule has 1 amide bonds. The van der Waals surface area contributed by atoms with Gasteiger partial charge in [0, 0.05) is 38.4 Å². The predicted molar refractivity (Wildman–Crippen MR) is 115 cm³/mol. The van der Waals surface area contributed by atoms with Gasteiger partial charge in [-0.25, -0.2) is 9.50 Å².